The number of carbonyl (C=O) groups excluding carboxylic acids is 1. The maximum absolute atomic E-state index is 13.1. The van der Waals surface area contributed by atoms with Gasteiger partial charge in [-0.15, -0.1) is 0 Å². The first-order valence-corrected chi connectivity index (χ1v) is 8.97. The number of pyridine rings is 1. The van der Waals surface area contributed by atoms with Crippen molar-refractivity contribution in [3.63, 3.8) is 0 Å². The zero-order valence-electron chi connectivity index (χ0n) is 15.4. The first-order valence-electron chi connectivity index (χ1n) is 8.97. The van der Waals surface area contributed by atoms with Gasteiger partial charge in [-0.25, -0.2) is 9.37 Å². The maximum Gasteiger partial charge on any atom is 0.231 e. The molecule has 2 atom stereocenters. The Kier molecular flexibility index (Phi) is 3.61. The minimum Gasteiger partial charge on any atom is -0.496 e. The summed E-state index contributed by atoms with van der Waals surface area (Å²) in [5.41, 5.74) is 3.69. The number of carbonyl (C=O) groups is 1. The standard InChI is InChI=1S/C20H18FN5O2/c1-26-16(13-3-11-8-23-25-15(11)7-18(13)28-2)4-10-5-19(22-9-17(10)26)24-20(27)12-6-14(12)21/h3-5,7-9,12,14H,6H2,1-2H3,(H,23,25)(H,22,24,27). The summed E-state index contributed by atoms with van der Waals surface area (Å²) in [6.45, 7) is 0. The third-order valence-electron chi connectivity index (χ3n) is 5.27. The molecule has 1 saturated carbocycles. The summed E-state index contributed by atoms with van der Waals surface area (Å²) < 4.78 is 20.7. The highest BCUT2D eigenvalue weighted by Crippen LogP contribution is 2.37. The average Bonchev–Trinajstić information content (AvgIpc) is 3.11. The van der Waals surface area contributed by atoms with Gasteiger partial charge in [-0.05, 0) is 24.6 Å². The molecule has 1 aliphatic rings. The highest BCUT2D eigenvalue weighted by molar-refractivity contribution is 5.97. The van der Waals surface area contributed by atoms with E-state index in [-0.39, 0.29) is 5.91 Å². The number of anilines is 1. The van der Waals surface area contributed by atoms with Gasteiger partial charge in [0.25, 0.3) is 0 Å². The van der Waals surface area contributed by atoms with E-state index in [0.717, 1.165) is 38.8 Å². The highest BCUT2D eigenvalue weighted by Gasteiger charge is 2.43. The van der Waals surface area contributed by atoms with Gasteiger partial charge in [-0.2, -0.15) is 5.10 Å². The molecule has 28 heavy (non-hydrogen) atoms. The van der Waals surface area contributed by atoms with Gasteiger partial charge >= 0.3 is 0 Å². The van der Waals surface area contributed by atoms with Crippen LogP contribution in [0.2, 0.25) is 0 Å². The lowest BCUT2D eigenvalue weighted by molar-refractivity contribution is -0.117. The van der Waals surface area contributed by atoms with Crippen LogP contribution >= 0.6 is 0 Å². The Morgan fingerprint density at radius 2 is 2.11 bits per heavy atom. The van der Waals surface area contributed by atoms with E-state index in [1.54, 1.807) is 25.6 Å². The molecule has 0 bridgehead atoms. The first kappa shape index (κ1) is 16.7. The topological polar surface area (TPSA) is 84.8 Å². The summed E-state index contributed by atoms with van der Waals surface area (Å²) in [7, 11) is 3.59. The van der Waals surface area contributed by atoms with E-state index in [4.69, 9.17) is 4.74 Å². The van der Waals surface area contributed by atoms with Crippen LogP contribution < -0.4 is 10.1 Å². The second kappa shape index (κ2) is 6.05. The second-order valence-electron chi connectivity index (χ2n) is 7.07. The van der Waals surface area contributed by atoms with E-state index in [9.17, 15) is 9.18 Å². The molecule has 0 spiro atoms. The lowest BCUT2D eigenvalue weighted by Gasteiger charge is -2.10. The number of methoxy groups -OCH3 is 1. The number of rotatable bonds is 4. The fourth-order valence-electron chi connectivity index (χ4n) is 3.56. The molecule has 8 heteroatoms. The molecular weight excluding hydrogens is 361 g/mol. The van der Waals surface area contributed by atoms with Gasteiger partial charge in [0, 0.05) is 29.4 Å². The smallest absolute Gasteiger partial charge is 0.231 e. The minimum absolute atomic E-state index is 0.292. The number of H-pyrrole nitrogens is 1. The number of aryl methyl sites for hydroxylation is 1. The predicted octanol–water partition coefficient (Wildman–Crippen LogP) is 3.42. The first-order chi connectivity index (χ1) is 13.5. The number of ether oxygens (including phenoxy) is 1. The summed E-state index contributed by atoms with van der Waals surface area (Å²) in [4.78, 5) is 16.3. The number of aromatic nitrogens is 4. The molecule has 3 heterocycles. The Morgan fingerprint density at radius 1 is 1.29 bits per heavy atom. The van der Waals surface area contributed by atoms with Crippen LogP contribution in [-0.2, 0) is 11.8 Å². The molecule has 0 radical (unpaired) electrons. The molecule has 5 rings (SSSR count). The van der Waals surface area contributed by atoms with E-state index in [2.05, 4.69) is 20.5 Å². The quantitative estimate of drug-likeness (QED) is 0.569. The minimum atomic E-state index is -1.03. The Bertz CT molecular complexity index is 1230. The van der Waals surface area contributed by atoms with E-state index in [0.29, 0.717) is 12.2 Å². The zero-order chi connectivity index (χ0) is 19.4. The van der Waals surface area contributed by atoms with Crippen LogP contribution in [0.4, 0.5) is 10.2 Å². The van der Waals surface area contributed by atoms with E-state index in [1.807, 2.05) is 29.8 Å². The number of alkyl halides is 1. The number of hydrogen-bond acceptors (Lipinski definition) is 4. The molecule has 2 N–H and O–H groups in total. The van der Waals surface area contributed by atoms with Crippen molar-refractivity contribution < 1.29 is 13.9 Å². The van der Waals surface area contributed by atoms with Crippen molar-refractivity contribution in [3.8, 4) is 17.0 Å². The Balaban J connectivity index is 1.57. The summed E-state index contributed by atoms with van der Waals surface area (Å²) in [5, 5.41) is 11.6. The van der Waals surface area contributed by atoms with Gasteiger partial charge in [0.1, 0.15) is 17.7 Å². The van der Waals surface area contributed by atoms with Gasteiger partial charge in [-0.3, -0.25) is 9.89 Å². The van der Waals surface area contributed by atoms with Crippen molar-refractivity contribution in [2.75, 3.05) is 12.4 Å². The number of hydrogen-bond donors (Lipinski definition) is 2. The highest BCUT2D eigenvalue weighted by atomic mass is 19.1. The average molecular weight is 379 g/mol. The van der Waals surface area contributed by atoms with Crippen molar-refractivity contribution in [2.24, 2.45) is 13.0 Å². The Morgan fingerprint density at radius 3 is 2.86 bits per heavy atom. The van der Waals surface area contributed by atoms with Gasteiger partial charge in [-0.1, -0.05) is 0 Å². The molecule has 7 nitrogen and oxygen atoms in total. The van der Waals surface area contributed by atoms with Gasteiger partial charge in [0.2, 0.25) is 5.91 Å². The Hall–Kier alpha value is -3.42. The van der Waals surface area contributed by atoms with Crippen LogP contribution in [-0.4, -0.2) is 38.9 Å². The molecule has 3 aromatic heterocycles. The number of amides is 1. The number of fused-ring (bicyclic) bond motifs is 2. The third-order valence-corrected chi connectivity index (χ3v) is 5.27. The SMILES string of the molecule is COc1cc2[nH]ncc2cc1-c1cc2cc(NC(=O)C3CC3F)ncc2n1C. The lowest BCUT2D eigenvalue weighted by atomic mass is 10.1. The number of halogens is 1. The molecular formula is C20H18FN5O2. The van der Waals surface area contributed by atoms with Crippen molar-refractivity contribution in [2.45, 2.75) is 12.6 Å². The lowest BCUT2D eigenvalue weighted by Crippen LogP contribution is -2.15. The van der Waals surface area contributed by atoms with Crippen LogP contribution in [0.5, 0.6) is 5.75 Å². The largest absolute Gasteiger partial charge is 0.496 e. The molecule has 1 fully saturated rings. The van der Waals surface area contributed by atoms with Crippen molar-refractivity contribution in [3.05, 3.63) is 36.7 Å². The van der Waals surface area contributed by atoms with Crippen molar-refractivity contribution >= 4 is 33.5 Å². The van der Waals surface area contributed by atoms with E-state index >= 15 is 0 Å². The monoisotopic (exact) mass is 379 g/mol. The van der Waals surface area contributed by atoms with Gasteiger partial charge < -0.3 is 14.6 Å². The summed E-state index contributed by atoms with van der Waals surface area (Å²) in [6, 6.07) is 7.76. The normalized spacial score (nSPS) is 18.5. The fourth-order valence-corrected chi connectivity index (χ4v) is 3.56. The molecule has 4 aromatic rings. The number of aromatic amines is 1. The van der Waals surface area contributed by atoms with E-state index < -0.39 is 12.1 Å². The molecule has 0 aliphatic heterocycles. The molecule has 142 valence electrons. The number of nitrogens with one attached hydrogen (secondary N) is 2. The number of benzene rings is 1. The summed E-state index contributed by atoms with van der Waals surface area (Å²) in [6.07, 6.45) is 2.74. The zero-order valence-corrected chi connectivity index (χ0v) is 15.4. The third kappa shape index (κ3) is 2.60. The van der Waals surface area contributed by atoms with Crippen LogP contribution in [0.15, 0.2) is 36.7 Å². The predicted molar refractivity (Wildman–Crippen MR) is 104 cm³/mol. The second-order valence-corrected chi connectivity index (χ2v) is 7.07. The molecule has 0 saturated heterocycles. The molecule has 1 amide bonds. The Labute approximate surface area is 159 Å². The maximum atomic E-state index is 13.1. The summed E-state index contributed by atoms with van der Waals surface area (Å²) in [5.74, 6) is 0.287. The van der Waals surface area contributed by atoms with E-state index in [1.165, 1.54) is 0 Å². The van der Waals surface area contributed by atoms with Crippen molar-refractivity contribution in [1.29, 1.82) is 0 Å². The van der Waals surface area contributed by atoms with Crippen LogP contribution in [0.25, 0.3) is 33.1 Å². The molecule has 2 unspecified atom stereocenters. The summed E-state index contributed by atoms with van der Waals surface area (Å²) >= 11 is 0. The van der Waals surface area contributed by atoms with Gasteiger partial charge in [0.15, 0.2) is 0 Å². The fraction of sp³-hybridized carbons (Fsp3) is 0.250. The molecule has 1 aliphatic carbocycles. The molecule has 1 aromatic carbocycles. The number of nitrogens with zero attached hydrogens (tertiary/aromatic N) is 3. The van der Waals surface area contributed by atoms with Gasteiger partial charge in [0.05, 0.1) is 42.1 Å². The van der Waals surface area contributed by atoms with Crippen LogP contribution in [0.3, 0.4) is 0 Å². The van der Waals surface area contributed by atoms with Crippen molar-refractivity contribution in [1.82, 2.24) is 19.7 Å². The van der Waals surface area contributed by atoms with Crippen LogP contribution in [0, 0.1) is 5.92 Å². The van der Waals surface area contributed by atoms with Crippen LogP contribution in [0.1, 0.15) is 6.42 Å².